The first-order valence-corrected chi connectivity index (χ1v) is 8.00. The molecule has 0 saturated heterocycles. The van der Waals surface area contributed by atoms with Crippen molar-refractivity contribution in [1.29, 1.82) is 0 Å². The first-order valence-electron chi connectivity index (χ1n) is 7.62. The summed E-state index contributed by atoms with van der Waals surface area (Å²) in [5, 5.41) is 6.42. The Balaban J connectivity index is 1.68. The van der Waals surface area contributed by atoms with E-state index >= 15 is 0 Å². The molecule has 0 bridgehead atoms. The van der Waals surface area contributed by atoms with Crippen molar-refractivity contribution in [3.05, 3.63) is 89.0 Å². The first kappa shape index (κ1) is 16.9. The Morgan fingerprint density at radius 3 is 2.64 bits per heavy atom. The van der Waals surface area contributed by atoms with E-state index in [-0.39, 0.29) is 17.4 Å². The van der Waals surface area contributed by atoms with Crippen LogP contribution in [0.1, 0.15) is 16.1 Å². The van der Waals surface area contributed by atoms with Crippen LogP contribution in [0.25, 0.3) is 0 Å². The second kappa shape index (κ2) is 7.77. The monoisotopic (exact) mass is 355 g/mol. The zero-order valence-corrected chi connectivity index (χ0v) is 13.9. The van der Waals surface area contributed by atoms with Crippen molar-refractivity contribution < 1.29 is 9.18 Å². The zero-order chi connectivity index (χ0) is 17.6. The van der Waals surface area contributed by atoms with Crippen molar-refractivity contribution >= 4 is 28.9 Å². The molecular weight excluding hydrogens is 341 g/mol. The van der Waals surface area contributed by atoms with Crippen LogP contribution in [0.5, 0.6) is 0 Å². The molecule has 0 unspecified atom stereocenters. The van der Waals surface area contributed by atoms with Crippen LogP contribution >= 0.6 is 11.6 Å². The number of nitrogens with zero attached hydrogens (tertiary/aromatic N) is 1. The molecular formula is C19H15ClFN3O. The van der Waals surface area contributed by atoms with Crippen LogP contribution in [0, 0.1) is 5.82 Å². The fourth-order valence-corrected chi connectivity index (χ4v) is 2.48. The largest absolute Gasteiger partial charge is 0.355 e. The molecule has 1 aromatic heterocycles. The maximum absolute atomic E-state index is 13.2. The van der Waals surface area contributed by atoms with Gasteiger partial charge in [0.05, 0.1) is 0 Å². The second-order valence-electron chi connectivity index (χ2n) is 5.34. The van der Waals surface area contributed by atoms with Crippen molar-refractivity contribution in [2.75, 3.05) is 5.32 Å². The van der Waals surface area contributed by atoms with Crippen LogP contribution in [-0.4, -0.2) is 10.9 Å². The minimum atomic E-state index is -0.336. The fraction of sp³-hybridized carbons (Fsp3) is 0.0526. The van der Waals surface area contributed by atoms with Crippen molar-refractivity contribution in [3.8, 4) is 0 Å². The summed E-state index contributed by atoms with van der Waals surface area (Å²) >= 11 is 6.07. The van der Waals surface area contributed by atoms with Crippen LogP contribution in [0.15, 0.2) is 66.9 Å². The molecule has 25 heavy (non-hydrogen) atoms. The average molecular weight is 356 g/mol. The Labute approximate surface area is 149 Å². The van der Waals surface area contributed by atoms with Gasteiger partial charge >= 0.3 is 0 Å². The van der Waals surface area contributed by atoms with Crippen LogP contribution < -0.4 is 10.6 Å². The molecule has 0 aliphatic heterocycles. The Bertz CT molecular complexity index is 901. The van der Waals surface area contributed by atoms with Gasteiger partial charge in [-0.2, -0.15) is 0 Å². The van der Waals surface area contributed by atoms with Crippen LogP contribution in [-0.2, 0) is 6.54 Å². The van der Waals surface area contributed by atoms with Gasteiger partial charge in [-0.3, -0.25) is 9.78 Å². The highest BCUT2D eigenvalue weighted by Gasteiger charge is 2.09. The molecule has 126 valence electrons. The number of nitrogens with one attached hydrogen (secondary N) is 2. The van der Waals surface area contributed by atoms with Crippen molar-refractivity contribution in [1.82, 2.24) is 10.3 Å². The summed E-state index contributed by atoms with van der Waals surface area (Å²) in [6.07, 6.45) is 1.52. The number of rotatable bonds is 5. The number of hydrogen-bond acceptors (Lipinski definition) is 3. The van der Waals surface area contributed by atoms with E-state index in [4.69, 9.17) is 11.6 Å². The fourth-order valence-electron chi connectivity index (χ4n) is 2.27. The number of hydrogen-bond donors (Lipinski definition) is 2. The first-order chi connectivity index (χ1) is 12.1. The van der Waals surface area contributed by atoms with Crippen LogP contribution in [0.2, 0.25) is 5.02 Å². The van der Waals surface area contributed by atoms with Gasteiger partial charge in [-0.15, -0.1) is 0 Å². The number of pyridine rings is 1. The molecule has 0 aliphatic carbocycles. The van der Waals surface area contributed by atoms with Gasteiger partial charge in [0, 0.05) is 29.1 Å². The van der Waals surface area contributed by atoms with Gasteiger partial charge in [-0.05, 0) is 42.0 Å². The molecule has 2 N–H and O–H groups in total. The third-order valence-electron chi connectivity index (χ3n) is 3.50. The summed E-state index contributed by atoms with van der Waals surface area (Å²) in [6, 6.07) is 16.7. The Morgan fingerprint density at radius 1 is 1.04 bits per heavy atom. The molecule has 0 saturated carbocycles. The van der Waals surface area contributed by atoms with E-state index < -0.39 is 0 Å². The number of amides is 1. The normalized spacial score (nSPS) is 10.3. The van der Waals surface area contributed by atoms with Crippen molar-refractivity contribution in [3.63, 3.8) is 0 Å². The lowest BCUT2D eigenvalue weighted by Crippen LogP contribution is -2.24. The minimum Gasteiger partial charge on any atom is -0.355 e. The maximum Gasteiger partial charge on any atom is 0.270 e. The van der Waals surface area contributed by atoms with E-state index in [0.29, 0.717) is 22.9 Å². The summed E-state index contributed by atoms with van der Waals surface area (Å²) in [6.45, 7) is 0.307. The Morgan fingerprint density at radius 2 is 1.84 bits per heavy atom. The number of carbonyl (C=O) groups excluding carboxylic acids is 1. The molecule has 4 nitrogen and oxygen atoms in total. The molecule has 3 rings (SSSR count). The van der Waals surface area contributed by atoms with Gasteiger partial charge in [-0.1, -0.05) is 35.9 Å². The maximum atomic E-state index is 13.2. The van der Waals surface area contributed by atoms with Gasteiger partial charge in [0.15, 0.2) is 0 Å². The van der Waals surface area contributed by atoms with Gasteiger partial charge in [0.25, 0.3) is 5.91 Å². The molecule has 6 heteroatoms. The summed E-state index contributed by atoms with van der Waals surface area (Å²) < 4.78 is 13.2. The van der Waals surface area contributed by atoms with Crippen LogP contribution in [0.3, 0.4) is 0 Å². The molecule has 0 radical (unpaired) electrons. The second-order valence-corrected chi connectivity index (χ2v) is 5.75. The SMILES string of the molecule is O=C(NCc1ccccc1Cl)c1cc(Nc2cccc(F)c2)ccn1. The van der Waals surface area contributed by atoms with Crippen LogP contribution in [0.4, 0.5) is 15.8 Å². The smallest absolute Gasteiger partial charge is 0.270 e. The zero-order valence-electron chi connectivity index (χ0n) is 13.2. The van der Waals surface area contributed by atoms with Gasteiger partial charge < -0.3 is 10.6 Å². The van der Waals surface area contributed by atoms with Gasteiger partial charge in [0.1, 0.15) is 11.5 Å². The molecule has 0 atom stereocenters. The average Bonchev–Trinajstić information content (AvgIpc) is 2.61. The molecule has 0 fully saturated rings. The number of aromatic nitrogens is 1. The summed E-state index contributed by atoms with van der Waals surface area (Å²) in [7, 11) is 0. The highest BCUT2D eigenvalue weighted by Crippen LogP contribution is 2.18. The number of benzene rings is 2. The standard InChI is InChI=1S/C19H15ClFN3O/c20-17-7-2-1-4-13(17)12-23-19(25)18-11-16(8-9-22-18)24-15-6-3-5-14(21)10-15/h1-11H,12H2,(H,22,24)(H,23,25). The molecule has 0 spiro atoms. The molecule has 1 heterocycles. The van der Waals surface area contributed by atoms with E-state index in [9.17, 15) is 9.18 Å². The van der Waals surface area contributed by atoms with E-state index in [0.717, 1.165) is 5.56 Å². The molecule has 3 aromatic rings. The lowest BCUT2D eigenvalue weighted by molar-refractivity contribution is 0.0946. The Kier molecular flexibility index (Phi) is 5.26. The van der Waals surface area contributed by atoms with E-state index in [1.54, 1.807) is 30.3 Å². The molecule has 2 aromatic carbocycles. The number of anilines is 2. The van der Waals surface area contributed by atoms with Gasteiger partial charge in [0.2, 0.25) is 0 Å². The molecule has 1 amide bonds. The van der Waals surface area contributed by atoms with Crippen molar-refractivity contribution in [2.45, 2.75) is 6.54 Å². The summed E-state index contributed by atoms with van der Waals surface area (Å²) in [5.41, 5.74) is 2.32. The Hall–Kier alpha value is -2.92. The summed E-state index contributed by atoms with van der Waals surface area (Å²) in [5.74, 6) is -0.653. The lowest BCUT2D eigenvalue weighted by Gasteiger charge is -2.09. The highest BCUT2D eigenvalue weighted by molar-refractivity contribution is 6.31. The predicted octanol–water partition coefficient (Wildman–Crippen LogP) is 4.55. The third-order valence-corrected chi connectivity index (χ3v) is 3.87. The number of carbonyl (C=O) groups is 1. The third kappa shape index (κ3) is 4.55. The lowest BCUT2D eigenvalue weighted by atomic mass is 10.2. The molecule has 0 aliphatic rings. The predicted molar refractivity (Wildman–Crippen MR) is 96.5 cm³/mol. The summed E-state index contributed by atoms with van der Waals surface area (Å²) in [4.78, 5) is 16.4. The number of halogens is 2. The van der Waals surface area contributed by atoms with E-state index in [1.165, 1.54) is 18.3 Å². The van der Waals surface area contributed by atoms with E-state index in [2.05, 4.69) is 15.6 Å². The quantitative estimate of drug-likeness (QED) is 0.706. The van der Waals surface area contributed by atoms with Gasteiger partial charge in [-0.25, -0.2) is 4.39 Å². The van der Waals surface area contributed by atoms with E-state index in [1.807, 2.05) is 18.2 Å². The van der Waals surface area contributed by atoms with Crippen molar-refractivity contribution in [2.24, 2.45) is 0 Å². The topological polar surface area (TPSA) is 54.0 Å². The highest BCUT2D eigenvalue weighted by atomic mass is 35.5. The minimum absolute atomic E-state index is 0.258.